The van der Waals surface area contributed by atoms with E-state index in [9.17, 15) is 4.79 Å². The quantitative estimate of drug-likeness (QED) is 0.441. The maximum atomic E-state index is 12.7. The molecule has 0 saturated carbocycles. The fraction of sp³-hybridized carbons (Fsp3) is 0.222. The van der Waals surface area contributed by atoms with Gasteiger partial charge in [0.15, 0.2) is 0 Å². The number of fused-ring (bicyclic) bond motifs is 1. The van der Waals surface area contributed by atoms with Gasteiger partial charge in [-0.2, -0.15) is 4.98 Å². The molecular formula is C27H27N5O2. The zero-order valence-corrected chi connectivity index (χ0v) is 19.1. The first-order valence-electron chi connectivity index (χ1n) is 11.5. The molecule has 0 radical (unpaired) electrons. The van der Waals surface area contributed by atoms with Crippen LogP contribution in [0.5, 0.6) is 0 Å². The number of anilines is 4. The molecule has 172 valence electrons. The Bertz CT molecular complexity index is 1290. The van der Waals surface area contributed by atoms with Crippen molar-refractivity contribution < 1.29 is 9.53 Å². The van der Waals surface area contributed by atoms with Crippen molar-refractivity contribution in [2.75, 3.05) is 41.8 Å². The summed E-state index contributed by atoms with van der Waals surface area (Å²) in [5.74, 6) is 1.40. The van der Waals surface area contributed by atoms with Crippen LogP contribution in [-0.4, -0.2) is 42.2 Å². The standard InChI is InChI=1S/C27H27N5O2/c1-19-17-25(32-13-15-34-16-14-32)31-27(28-19)30-23-11-9-22(10-12-23)29-26(33)18-21-7-4-6-20-5-2-3-8-24(20)21/h2-12,17H,13-16,18H2,1H3,(H,29,33)(H,28,30,31). The summed E-state index contributed by atoms with van der Waals surface area (Å²) in [7, 11) is 0. The fourth-order valence-electron chi connectivity index (χ4n) is 4.15. The number of ether oxygens (including phenoxy) is 1. The molecule has 1 saturated heterocycles. The van der Waals surface area contributed by atoms with Crippen LogP contribution in [0.1, 0.15) is 11.3 Å². The minimum absolute atomic E-state index is 0.0470. The summed E-state index contributed by atoms with van der Waals surface area (Å²) in [5, 5.41) is 8.51. The number of carbonyl (C=O) groups is 1. The van der Waals surface area contributed by atoms with Crippen LogP contribution in [0, 0.1) is 6.92 Å². The van der Waals surface area contributed by atoms with Gasteiger partial charge in [-0.05, 0) is 47.5 Å². The lowest BCUT2D eigenvalue weighted by atomic mass is 10.0. The molecule has 5 rings (SSSR count). The monoisotopic (exact) mass is 453 g/mol. The smallest absolute Gasteiger partial charge is 0.229 e. The van der Waals surface area contributed by atoms with Crippen molar-refractivity contribution in [2.24, 2.45) is 0 Å². The molecule has 1 fully saturated rings. The SMILES string of the molecule is Cc1cc(N2CCOCC2)nc(Nc2ccc(NC(=O)Cc3cccc4ccccc34)cc2)n1. The van der Waals surface area contributed by atoms with Crippen molar-refractivity contribution in [3.63, 3.8) is 0 Å². The van der Waals surface area contributed by atoms with Crippen LogP contribution in [0.2, 0.25) is 0 Å². The molecule has 2 N–H and O–H groups in total. The topological polar surface area (TPSA) is 79.4 Å². The van der Waals surface area contributed by atoms with Crippen LogP contribution in [0.4, 0.5) is 23.1 Å². The van der Waals surface area contributed by atoms with Crippen molar-refractivity contribution in [3.05, 3.63) is 84.1 Å². The van der Waals surface area contributed by atoms with E-state index in [-0.39, 0.29) is 5.91 Å². The van der Waals surface area contributed by atoms with Gasteiger partial charge < -0.3 is 20.3 Å². The summed E-state index contributed by atoms with van der Waals surface area (Å²) in [4.78, 5) is 24.1. The average molecular weight is 454 g/mol. The Morgan fingerprint density at radius 2 is 1.68 bits per heavy atom. The van der Waals surface area contributed by atoms with Crippen LogP contribution in [0.3, 0.4) is 0 Å². The molecule has 0 spiro atoms. The summed E-state index contributed by atoms with van der Waals surface area (Å²) in [6.07, 6.45) is 0.322. The molecule has 0 bridgehead atoms. The molecule has 1 aliphatic rings. The van der Waals surface area contributed by atoms with E-state index in [0.29, 0.717) is 25.6 Å². The summed E-state index contributed by atoms with van der Waals surface area (Å²) >= 11 is 0. The number of benzene rings is 3. The van der Waals surface area contributed by atoms with Crippen LogP contribution < -0.4 is 15.5 Å². The highest BCUT2D eigenvalue weighted by molar-refractivity contribution is 5.96. The molecule has 1 aliphatic heterocycles. The van der Waals surface area contributed by atoms with Gasteiger partial charge in [0.25, 0.3) is 0 Å². The van der Waals surface area contributed by atoms with Gasteiger partial charge in [-0.1, -0.05) is 42.5 Å². The number of amides is 1. The molecule has 0 unspecified atom stereocenters. The Morgan fingerprint density at radius 3 is 2.50 bits per heavy atom. The average Bonchev–Trinajstić information content (AvgIpc) is 2.86. The number of hydrogen-bond donors (Lipinski definition) is 2. The van der Waals surface area contributed by atoms with Crippen LogP contribution in [-0.2, 0) is 16.0 Å². The third-order valence-corrected chi connectivity index (χ3v) is 5.83. The molecule has 2 heterocycles. The van der Waals surface area contributed by atoms with E-state index in [1.807, 2.05) is 61.5 Å². The summed E-state index contributed by atoms with van der Waals surface area (Å²) in [6.45, 7) is 5.02. The van der Waals surface area contributed by atoms with Gasteiger partial charge in [-0.3, -0.25) is 4.79 Å². The van der Waals surface area contributed by atoms with Gasteiger partial charge in [0.1, 0.15) is 5.82 Å². The number of aromatic nitrogens is 2. The van der Waals surface area contributed by atoms with Crippen molar-refractivity contribution in [3.8, 4) is 0 Å². The molecule has 4 aromatic rings. The summed E-state index contributed by atoms with van der Waals surface area (Å²) in [5.41, 5.74) is 3.51. The van der Waals surface area contributed by atoms with Crippen molar-refractivity contribution in [1.82, 2.24) is 9.97 Å². The lowest BCUT2D eigenvalue weighted by Gasteiger charge is -2.28. The zero-order chi connectivity index (χ0) is 23.3. The van der Waals surface area contributed by atoms with E-state index in [0.717, 1.165) is 52.3 Å². The first-order valence-corrected chi connectivity index (χ1v) is 11.5. The molecule has 0 atom stereocenters. The highest BCUT2D eigenvalue weighted by Crippen LogP contribution is 2.22. The third-order valence-electron chi connectivity index (χ3n) is 5.83. The minimum Gasteiger partial charge on any atom is -0.378 e. The maximum absolute atomic E-state index is 12.7. The normalized spacial score (nSPS) is 13.6. The van der Waals surface area contributed by atoms with Gasteiger partial charge in [-0.15, -0.1) is 0 Å². The number of nitrogens with zero attached hydrogens (tertiary/aromatic N) is 3. The van der Waals surface area contributed by atoms with Crippen LogP contribution in [0.15, 0.2) is 72.8 Å². The van der Waals surface area contributed by atoms with Crippen molar-refractivity contribution >= 4 is 39.8 Å². The van der Waals surface area contributed by atoms with E-state index in [4.69, 9.17) is 4.74 Å². The maximum Gasteiger partial charge on any atom is 0.229 e. The predicted molar refractivity (Wildman–Crippen MR) is 136 cm³/mol. The fourth-order valence-corrected chi connectivity index (χ4v) is 4.15. The van der Waals surface area contributed by atoms with Crippen molar-refractivity contribution in [1.29, 1.82) is 0 Å². The highest BCUT2D eigenvalue weighted by Gasteiger charge is 2.14. The number of nitrogens with one attached hydrogen (secondary N) is 2. The zero-order valence-electron chi connectivity index (χ0n) is 19.1. The van der Waals surface area contributed by atoms with Crippen LogP contribution in [0.25, 0.3) is 10.8 Å². The third kappa shape index (κ3) is 5.15. The molecule has 0 aliphatic carbocycles. The second-order valence-electron chi connectivity index (χ2n) is 8.36. The molecule has 3 aromatic carbocycles. The predicted octanol–water partition coefficient (Wildman–Crippen LogP) is 4.70. The largest absolute Gasteiger partial charge is 0.378 e. The van der Waals surface area contributed by atoms with Crippen molar-refractivity contribution in [2.45, 2.75) is 13.3 Å². The van der Waals surface area contributed by atoms with E-state index >= 15 is 0 Å². The van der Waals surface area contributed by atoms with Gasteiger partial charge >= 0.3 is 0 Å². The first kappa shape index (κ1) is 21.9. The Morgan fingerprint density at radius 1 is 0.941 bits per heavy atom. The second kappa shape index (κ2) is 9.89. The van der Waals surface area contributed by atoms with Gasteiger partial charge in [0, 0.05) is 36.2 Å². The van der Waals surface area contributed by atoms with E-state index < -0.39 is 0 Å². The Balaban J connectivity index is 1.23. The molecule has 34 heavy (non-hydrogen) atoms. The molecule has 1 amide bonds. The van der Waals surface area contributed by atoms with E-state index in [2.05, 4.69) is 43.7 Å². The summed E-state index contributed by atoms with van der Waals surface area (Å²) in [6, 6.07) is 23.7. The number of aryl methyl sites for hydroxylation is 1. The minimum atomic E-state index is -0.0470. The molecular weight excluding hydrogens is 426 g/mol. The molecule has 1 aromatic heterocycles. The molecule has 7 nitrogen and oxygen atoms in total. The number of rotatable bonds is 6. The second-order valence-corrected chi connectivity index (χ2v) is 8.36. The van der Waals surface area contributed by atoms with Gasteiger partial charge in [-0.25, -0.2) is 4.98 Å². The summed E-state index contributed by atoms with van der Waals surface area (Å²) < 4.78 is 5.44. The number of morpholine rings is 1. The van der Waals surface area contributed by atoms with Gasteiger partial charge in [0.05, 0.1) is 19.6 Å². The number of carbonyl (C=O) groups excluding carboxylic acids is 1. The number of hydrogen-bond acceptors (Lipinski definition) is 6. The lowest BCUT2D eigenvalue weighted by molar-refractivity contribution is -0.115. The van der Waals surface area contributed by atoms with E-state index in [1.54, 1.807) is 0 Å². The Labute approximate surface area is 198 Å². The lowest BCUT2D eigenvalue weighted by Crippen LogP contribution is -2.36. The Hall–Kier alpha value is -3.97. The highest BCUT2D eigenvalue weighted by atomic mass is 16.5. The Kier molecular flexibility index (Phi) is 6.35. The molecule has 7 heteroatoms. The first-order chi connectivity index (χ1) is 16.6. The van der Waals surface area contributed by atoms with Gasteiger partial charge in [0.2, 0.25) is 11.9 Å². The van der Waals surface area contributed by atoms with Crippen LogP contribution >= 0.6 is 0 Å². The van der Waals surface area contributed by atoms with E-state index in [1.165, 1.54) is 0 Å².